The summed E-state index contributed by atoms with van der Waals surface area (Å²) < 4.78 is 3.76. The number of nitrogens with one attached hydrogen (secondary N) is 1. The van der Waals surface area contributed by atoms with Crippen molar-refractivity contribution in [2.75, 3.05) is 5.73 Å². The number of hydrogen-bond acceptors (Lipinski definition) is 5. The number of amides is 1. The predicted octanol–water partition coefficient (Wildman–Crippen LogP) is 3.42. The normalized spacial score (nSPS) is 17.8. The van der Waals surface area contributed by atoms with Gasteiger partial charge in [-0.05, 0) is 64.2 Å². The Kier molecular flexibility index (Phi) is 5.31. The van der Waals surface area contributed by atoms with Crippen molar-refractivity contribution in [3.63, 3.8) is 0 Å². The van der Waals surface area contributed by atoms with E-state index in [2.05, 4.69) is 33.8 Å². The van der Waals surface area contributed by atoms with Gasteiger partial charge in [0.15, 0.2) is 5.78 Å². The Bertz CT molecular complexity index is 1230. The van der Waals surface area contributed by atoms with E-state index in [0.29, 0.717) is 35.1 Å². The van der Waals surface area contributed by atoms with Crippen molar-refractivity contribution < 1.29 is 9.59 Å². The van der Waals surface area contributed by atoms with Gasteiger partial charge in [0.1, 0.15) is 5.82 Å². The molecule has 2 aliphatic rings. The topological polar surface area (TPSA) is 108 Å². The van der Waals surface area contributed by atoms with Gasteiger partial charge in [-0.1, -0.05) is 6.07 Å². The first-order valence-electron chi connectivity index (χ1n) is 11.7. The molecule has 172 valence electrons. The van der Waals surface area contributed by atoms with Crippen LogP contribution < -0.4 is 11.1 Å². The number of Topliss-reactive ketones (excluding diaryl/α,β-unsaturated/α-hetero) is 1. The standard InChI is InChI=1S/C25H30N6O2/c1-14(2)30-13-27-20-10-16(6-9-21(20)30)23(32)19-12-28-31(24(19)26)22-11-17(5-4-15(22)3)25(33)29-18-7-8-18/h4-5,11-14,16,18H,6-10,26H2,1-3H3,(H,29,33). The smallest absolute Gasteiger partial charge is 0.251 e. The zero-order valence-corrected chi connectivity index (χ0v) is 19.3. The van der Waals surface area contributed by atoms with Crippen molar-refractivity contribution >= 4 is 17.5 Å². The molecule has 3 N–H and O–H groups in total. The van der Waals surface area contributed by atoms with E-state index >= 15 is 0 Å². The number of benzene rings is 1. The van der Waals surface area contributed by atoms with Gasteiger partial charge in [-0.2, -0.15) is 5.10 Å². The maximum atomic E-state index is 13.4. The molecule has 0 aliphatic heterocycles. The van der Waals surface area contributed by atoms with Crippen LogP contribution in [-0.2, 0) is 12.8 Å². The van der Waals surface area contributed by atoms with E-state index in [1.165, 1.54) is 5.69 Å². The molecular weight excluding hydrogens is 416 g/mol. The lowest BCUT2D eigenvalue weighted by Gasteiger charge is -2.22. The highest BCUT2D eigenvalue weighted by Crippen LogP contribution is 2.31. The summed E-state index contributed by atoms with van der Waals surface area (Å²) in [5.74, 6) is 0.0504. The Morgan fingerprint density at radius 1 is 1.21 bits per heavy atom. The summed E-state index contributed by atoms with van der Waals surface area (Å²) in [4.78, 5) is 30.4. The third-order valence-corrected chi connectivity index (χ3v) is 6.76. The average Bonchev–Trinajstić information content (AvgIpc) is 3.37. The lowest BCUT2D eigenvalue weighted by atomic mass is 9.84. The Morgan fingerprint density at radius 2 is 2.00 bits per heavy atom. The molecule has 0 saturated heterocycles. The van der Waals surface area contributed by atoms with E-state index in [-0.39, 0.29) is 23.7 Å². The van der Waals surface area contributed by atoms with Gasteiger partial charge in [0, 0.05) is 35.7 Å². The second-order valence-electron chi connectivity index (χ2n) is 9.55. The fourth-order valence-electron chi connectivity index (χ4n) is 4.62. The molecular formula is C25H30N6O2. The van der Waals surface area contributed by atoms with Crippen molar-refractivity contribution in [2.45, 2.75) is 65.0 Å². The van der Waals surface area contributed by atoms with E-state index in [9.17, 15) is 9.59 Å². The molecule has 1 amide bonds. The average molecular weight is 447 g/mol. The SMILES string of the molecule is Cc1ccc(C(=O)NC2CC2)cc1-n1ncc(C(=O)C2CCc3c(ncn3C(C)C)C2)c1N. The number of nitrogens with two attached hydrogens (primary N) is 1. The molecule has 8 nitrogen and oxygen atoms in total. The van der Waals surface area contributed by atoms with Gasteiger partial charge in [-0.3, -0.25) is 9.59 Å². The minimum Gasteiger partial charge on any atom is -0.383 e. The molecule has 2 aliphatic carbocycles. The van der Waals surface area contributed by atoms with Gasteiger partial charge in [0.2, 0.25) is 0 Å². The third kappa shape index (κ3) is 3.94. The quantitative estimate of drug-likeness (QED) is 0.564. The van der Waals surface area contributed by atoms with Gasteiger partial charge >= 0.3 is 0 Å². The number of nitrogen functional groups attached to an aromatic ring is 1. The largest absolute Gasteiger partial charge is 0.383 e. The molecule has 3 aromatic rings. The van der Waals surface area contributed by atoms with Crippen molar-refractivity contribution in [2.24, 2.45) is 5.92 Å². The van der Waals surface area contributed by atoms with Crippen LogP contribution in [0, 0.1) is 12.8 Å². The molecule has 8 heteroatoms. The van der Waals surface area contributed by atoms with Crippen LogP contribution in [0.25, 0.3) is 5.69 Å². The zero-order chi connectivity index (χ0) is 23.3. The van der Waals surface area contributed by atoms with E-state index in [0.717, 1.165) is 36.9 Å². The van der Waals surface area contributed by atoms with Crippen molar-refractivity contribution in [3.8, 4) is 5.69 Å². The highest BCUT2D eigenvalue weighted by molar-refractivity contribution is 6.02. The summed E-state index contributed by atoms with van der Waals surface area (Å²) in [6, 6.07) is 6.11. The number of carbonyl (C=O) groups excluding carboxylic acids is 2. The lowest BCUT2D eigenvalue weighted by molar-refractivity contribution is 0.0906. The van der Waals surface area contributed by atoms with E-state index < -0.39 is 0 Å². The maximum Gasteiger partial charge on any atom is 0.251 e. The highest BCUT2D eigenvalue weighted by Gasteiger charge is 2.31. The second-order valence-corrected chi connectivity index (χ2v) is 9.55. The number of nitrogens with zero attached hydrogens (tertiary/aromatic N) is 4. The molecule has 2 heterocycles. The minimum absolute atomic E-state index is 0.00350. The first-order chi connectivity index (χ1) is 15.8. The van der Waals surface area contributed by atoms with Gasteiger partial charge in [-0.25, -0.2) is 9.67 Å². The molecule has 1 unspecified atom stereocenters. The predicted molar refractivity (Wildman–Crippen MR) is 126 cm³/mol. The summed E-state index contributed by atoms with van der Waals surface area (Å²) in [7, 11) is 0. The van der Waals surface area contributed by atoms with Crippen LogP contribution in [0.5, 0.6) is 0 Å². The van der Waals surface area contributed by atoms with E-state index in [1.54, 1.807) is 23.0 Å². The van der Waals surface area contributed by atoms with Crippen LogP contribution in [0.2, 0.25) is 0 Å². The van der Waals surface area contributed by atoms with Gasteiger partial charge in [-0.15, -0.1) is 0 Å². The summed E-state index contributed by atoms with van der Waals surface area (Å²) in [6.07, 6.45) is 7.71. The van der Waals surface area contributed by atoms with Gasteiger partial charge in [0.25, 0.3) is 5.91 Å². The Hall–Kier alpha value is -3.42. The van der Waals surface area contributed by atoms with Crippen LogP contribution in [0.15, 0.2) is 30.7 Å². The molecule has 5 rings (SSSR count). The lowest BCUT2D eigenvalue weighted by Crippen LogP contribution is -2.25. The minimum atomic E-state index is -0.162. The number of carbonyl (C=O) groups is 2. The monoisotopic (exact) mass is 446 g/mol. The third-order valence-electron chi connectivity index (χ3n) is 6.76. The summed E-state index contributed by atoms with van der Waals surface area (Å²) in [6.45, 7) is 6.22. The van der Waals surface area contributed by atoms with Crippen LogP contribution >= 0.6 is 0 Å². The molecule has 0 radical (unpaired) electrons. The van der Waals surface area contributed by atoms with Crippen molar-refractivity contribution in [1.82, 2.24) is 24.6 Å². The molecule has 1 atom stereocenters. The highest BCUT2D eigenvalue weighted by atomic mass is 16.1. The van der Waals surface area contributed by atoms with Crippen molar-refractivity contribution in [1.29, 1.82) is 0 Å². The van der Waals surface area contributed by atoms with Crippen LogP contribution in [0.1, 0.15) is 76.8 Å². The number of hydrogen-bond donors (Lipinski definition) is 2. The molecule has 0 spiro atoms. The van der Waals surface area contributed by atoms with E-state index in [1.807, 2.05) is 19.3 Å². The first-order valence-corrected chi connectivity index (χ1v) is 11.7. The Morgan fingerprint density at radius 3 is 2.73 bits per heavy atom. The van der Waals surface area contributed by atoms with Crippen molar-refractivity contribution in [3.05, 3.63) is 58.8 Å². The molecule has 1 saturated carbocycles. The zero-order valence-electron chi connectivity index (χ0n) is 19.3. The second kappa shape index (κ2) is 8.17. The number of ketones is 1. The molecule has 0 bridgehead atoms. The number of imidazole rings is 1. The maximum absolute atomic E-state index is 13.4. The Labute approximate surface area is 193 Å². The number of anilines is 1. The molecule has 33 heavy (non-hydrogen) atoms. The number of fused-ring (bicyclic) bond motifs is 1. The summed E-state index contributed by atoms with van der Waals surface area (Å²) >= 11 is 0. The number of rotatable bonds is 6. The molecule has 1 fully saturated rings. The summed E-state index contributed by atoms with van der Waals surface area (Å²) in [5, 5.41) is 7.43. The molecule has 2 aromatic heterocycles. The number of aromatic nitrogens is 4. The number of aryl methyl sites for hydroxylation is 1. The Balaban J connectivity index is 1.39. The summed E-state index contributed by atoms with van der Waals surface area (Å²) in [5.41, 5.74) is 11.3. The fraction of sp³-hybridized carbons (Fsp3) is 0.440. The molecule has 1 aromatic carbocycles. The van der Waals surface area contributed by atoms with E-state index in [4.69, 9.17) is 5.73 Å². The fourth-order valence-corrected chi connectivity index (χ4v) is 4.62. The van der Waals surface area contributed by atoms with Gasteiger partial charge < -0.3 is 15.6 Å². The van der Waals surface area contributed by atoms with Gasteiger partial charge in [0.05, 0.1) is 29.5 Å². The van der Waals surface area contributed by atoms with Crippen LogP contribution in [-0.4, -0.2) is 37.1 Å². The van der Waals surface area contributed by atoms with Crippen LogP contribution in [0.4, 0.5) is 5.82 Å². The van der Waals surface area contributed by atoms with Crippen LogP contribution in [0.3, 0.4) is 0 Å². The first kappa shape index (κ1) is 21.4.